The highest BCUT2D eigenvalue weighted by molar-refractivity contribution is 7.99. The zero-order valence-electron chi connectivity index (χ0n) is 41.0. The summed E-state index contributed by atoms with van der Waals surface area (Å²) in [6, 6.07) is 12.1. The Morgan fingerprint density at radius 1 is 0.435 bits per heavy atom. The molecule has 0 saturated heterocycles. The van der Waals surface area contributed by atoms with Gasteiger partial charge in [0.25, 0.3) is 0 Å². The van der Waals surface area contributed by atoms with Crippen LogP contribution < -0.4 is 14.2 Å². The van der Waals surface area contributed by atoms with Crippen LogP contribution in [0.2, 0.25) is 0 Å². The summed E-state index contributed by atoms with van der Waals surface area (Å²) < 4.78 is 19.8. The van der Waals surface area contributed by atoms with E-state index in [1.54, 1.807) is 6.08 Å². The highest BCUT2D eigenvalue weighted by Gasteiger charge is 2.16. The van der Waals surface area contributed by atoms with Gasteiger partial charge in [-0.15, -0.1) is 11.8 Å². The van der Waals surface area contributed by atoms with Gasteiger partial charge in [0.2, 0.25) is 5.75 Å². The van der Waals surface area contributed by atoms with Crippen molar-refractivity contribution in [2.24, 2.45) is 0 Å². The van der Waals surface area contributed by atoms with Crippen LogP contribution in [0, 0.1) is 0 Å². The maximum Gasteiger partial charge on any atom is 0.203 e. The van der Waals surface area contributed by atoms with Gasteiger partial charge in [0.15, 0.2) is 17.3 Å². The van der Waals surface area contributed by atoms with Crippen molar-refractivity contribution in [1.82, 2.24) is 0 Å². The van der Waals surface area contributed by atoms with Crippen LogP contribution >= 0.6 is 11.8 Å². The van der Waals surface area contributed by atoms with Gasteiger partial charge in [0.1, 0.15) is 0 Å². The molecule has 0 bridgehead atoms. The largest absolute Gasteiger partial charge is 0.490 e. The van der Waals surface area contributed by atoms with E-state index in [0.717, 1.165) is 54.2 Å². The van der Waals surface area contributed by atoms with Gasteiger partial charge in [0, 0.05) is 10.5 Å². The molecule has 0 amide bonds. The summed E-state index contributed by atoms with van der Waals surface area (Å²) in [6.07, 6.45) is 47.8. The Bertz CT molecular complexity index is 1290. The van der Waals surface area contributed by atoms with E-state index in [0.29, 0.717) is 25.4 Å². The molecule has 0 fully saturated rings. The molecule has 0 saturated carbocycles. The minimum absolute atomic E-state index is 0.000664. The van der Waals surface area contributed by atoms with E-state index in [1.165, 1.54) is 198 Å². The van der Waals surface area contributed by atoms with Crippen LogP contribution in [0.1, 0.15) is 262 Å². The number of unbranched alkanes of at least 4 members (excludes halogenated alkanes) is 30. The Balaban J connectivity index is 2.09. The third-order valence-corrected chi connectivity index (χ3v) is 13.3. The maximum atomic E-state index is 13.3. The molecule has 354 valence electrons. The number of carbonyl (C=O) groups is 1. The van der Waals surface area contributed by atoms with Crippen molar-refractivity contribution in [1.29, 1.82) is 0 Å². The lowest BCUT2D eigenvalue weighted by Crippen LogP contribution is -2.07. The normalized spacial score (nSPS) is 11.5. The van der Waals surface area contributed by atoms with E-state index < -0.39 is 0 Å². The van der Waals surface area contributed by atoms with Crippen LogP contribution in [0.25, 0.3) is 6.08 Å². The Morgan fingerprint density at radius 2 is 0.774 bits per heavy atom. The molecular formula is C57H96O4S. The smallest absolute Gasteiger partial charge is 0.203 e. The fraction of sp³-hybridized carbons (Fsp3) is 0.737. The van der Waals surface area contributed by atoms with E-state index in [2.05, 4.69) is 52.0 Å². The lowest BCUT2D eigenvalue weighted by Gasteiger charge is -2.18. The molecular weight excluding hydrogens is 781 g/mol. The van der Waals surface area contributed by atoms with Crippen molar-refractivity contribution in [3.8, 4) is 17.2 Å². The van der Waals surface area contributed by atoms with E-state index in [4.69, 9.17) is 14.2 Å². The molecule has 0 unspecified atom stereocenters. The number of thioether (sulfide) groups is 1. The van der Waals surface area contributed by atoms with Gasteiger partial charge < -0.3 is 14.2 Å². The Kier molecular flexibility index (Phi) is 37.1. The number of rotatable bonds is 45. The van der Waals surface area contributed by atoms with Crippen LogP contribution in [-0.2, 0) is 0 Å². The lowest BCUT2D eigenvalue weighted by molar-refractivity contribution is 0.104. The average Bonchev–Trinajstić information content (AvgIpc) is 3.29. The average molecular weight is 877 g/mol. The van der Waals surface area contributed by atoms with Crippen molar-refractivity contribution in [2.45, 2.75) is 251 Å². The summed E-state index contributed by atoms with van der Waals surface area (Å²) in [7, 11) is 0. The van der Waals surface area contributed by atoms with Gasteiger partial charge in [-0.05, 0) is 79.5 Å². The molecule has 0 heterocycles. The van der Waals surface area contributed by atoms with Gasteiger partial charge >= 0.3 is 0 Å². The first kappa shape index (κ1) is 55.7. The molecule has 5 heteroatoms. The molecule has 2 aromatic carbocycles. The summed E-state index contributed by atoms with van der Waals surface area (Å²) in [4.78, 5) is 14.5. The Morgan fingerprint density at radius 3 is 1.13 bits per heavy atom. The van der Waals surface area contributed by atoms with Crippen LogP contribution in [-0.4, -0.2) is 31.4 Å². The van der Waals surface area contributed by atoms with E-state index >= 15 is 0 Å². The van der Waals surface area contributed by atoms with E-state index in [1.807, 2.05) is 30.0 Å². The Labute approximate surface area is 388 Å². The van der Waals surface area contributed by atoms with E-state index in [9.17, 15) is 4.79 Å². The number of hydrogen-bond acceptors (Lipinski definition) is 5. The topological polar surface area (TPSA) is 44.8 Å². The Hall–Kier alpha value is -2.40. The maximum absolute atomic E-state index is 13.3. The molecule has 0 N–H and O–H groups in total. The predicted octanol–water partition coefficient (Wildman–Crippen LogP) is 19.2. The van der Waals surface area contributed by atoms with Crippen LogP contribution in [0.15, 0.2) is 47.4 Å². The lowest BCUT2D eigenvalue weighted by atomic mass is 10.1. The number of allylic oxidation sites excluding steroid dienone is 1. The third kappa shape index (κ3) is 29.9. The zero-order valence-corrected chi connectivity index (χ0v) is 41.8. The first-order valence-corrected chi connectivity index (χ1v) is 27.6. The zero-order chi connectivity index (χ0) is 44.4. The van der Waals surface area contributed by atoms with Crippen LogP contribution in [0.4, 0.5) is 0 Å². The van der Waals surface area contributed by atoms with Gasteiger partial charge in [-0.2, -0.15) is 0 Å². The summed E-state index contributed by atoms with van der Waals surface area (Å²) in [6.45, 7) is 11.0. The second-order valence-electron chi connectivity index (χ2n) is 18.1. The molecule has 62 heavy (non-hydrogen) atoms. The number of benzene rings is 2. The molecule has 0 spiro atoms. The molecule has 0 aliphatic carbocycles. The fourth-order valence-corrected chi connectivity index (χ4v) is 8.86. The van der Waals surface area contributed by atoms with Crippen molar-refractivity contribution >= 4 is 23.6 Å². The molecule has 0 atom stereocenters. The quantitative estimate of drug-likeness (QED) is 0.0287. The van der Waals surface area contributed by atoms with Gasteiger partial charge in [-0.3, -0.25) is 4.79 Å². The predicted molar refractivity (Wildman–Crippen MR) is 273 cm³/mol. The standard InChI is InChI=1S/C57H96O4S/c1-5-9-12-15-18-21-24-27-30-33-36-45-59-55-49-51(39-44-54(58)52-40-42-53(43-41-52)62-48-8-4)50-56(60-46-37-34-31-28-25-22-19-16-13-10-6-2)57(55)61-47-38-35-32-29-26-23-20-17-14-11-7-3/h39-44,49-50H,5-38,45-48H2,1-4H3. The van der Waals surface area contributed by atoms with E-state index in [-0.39, 0.29) is 5.78 Å². The van der Waals surface area contributed by atoms with Gasteiger partial charge in [0.05, 0.1) is 19.8 Å². The number of ether oxygens (including phenoxy) is 3. The molecule has 2 rings (SSSR count). The molecule has 2 aromatic rings. The van der Waals surface area contributed by atoms with Crippen LogP contribution in [0.5, 0.6) is 17.2 Å². The highest BCUT2D eigenvalue weighted by atomic mass is 32.2. The molecule has 0 aromatic heterocycles. The van der Waals surface area contributed by atoms with Gasteiger partial charge in [-0.1, -0.05) is 226 Å². The minimum Gasteiger partial charge on any atom is -0.490 e. The van der Waals surface area contributed by atoms with Crippen molar-refractivity contribution in [3.63, 3.8) is 0 Å². The summed E-state index contributed by atoms with van der Waals surface area (Å²) in [5.41, 5.74) is 1.60. The molecule has 0 aliphatic heterocycles. The number of ketones is 1. The van der Waals surface area contributed by atoms with Gasteiger partial charge in [-0.25, -0.2) is 0 Å². The van der Waals surface area contributed by atoms with Crippen molar-refractivity contribution in [2.75, 3.05) is 25.6 Å². The second-order valence-corrected chi connectivity index (χ2v) is 19.2. The summed E-state index contributed by atoms with van der Waals surface area (Å²) in [5, 5.41) is 0. The first-order chi connectivity index (χ1) is 30.6. The fourth-order valence-electron chi connectivity index (χ4n) is 8.09. The summed E-state index contributed by atoms with van der Waals surface area (Å²) in [5.74, 6) is 3.29. The monoisotopic (exact) mass is 877 g/mol. The van der Waals surface area contributed by atoms with Crippen molar-refractivity contribution in [3.05, 3.63) is 53.6 Å². The summed E-state index contributed by atoms with van der Waals surface area (Å²) >= 11 is 1.83. The SMILES string of the molecule is CCCCCCCCCCCCCOc1cc(C=CC(=O)c2ccc(SCCC)cc2)cc(OCCCCCCCCCCCCC)c1OCCCCCCCCCCCCC. The first-order valence-electron chi connectivity index (χ1n) is 26.6. The molecule has 4 nitrogen and oxygen atoms in total. The highest BCUT2D eigenvalue weighted by Crippen LogP contribution is 2.40. The van der Waals surface area contributed by atoms with Crippen molar-refractivity contribution < 1.29 is 19.0 Å². The second kappa shape index (κ2) is 41.3. The third-order valence-electron chi connectivity index (χ3n) is 12.1. The number of hydrogen-bond donors (Lipinski definition) is 0. The minimum atomic E-state index is 0.000664. The molecule has 0 aliphatic rings. The van der Waals surface area contributed by atoms with Crippen LogP contribution in [0.3, 0.4) is 0 Å². The molecule has 0 radical (unpaired) electrons. The number of carbonyl (C=O) groups excluding carboxylic acids is 1.